The van der Waals surface area contributed by atoms with Crippen LogP contribution in [0.4, 0.5) is 0 Å². The van der Waals surface area contributed by atoms with E-state index >= 15 is 0 Å². The summed E-state index contributed by atoms with van der Waals surface area (Å²) in [7, 11) is 0. The maximum absolute atomic E-state index is 5.84. The van der Waals surface area contributed by atoms with Crippen LogP contribution in [0, 0.1) is 5.41 Å². The van der Waals surface area contributed by atoms with E-state index in [-0.39, 0.29) is 5.41 Å². The molecule has 0 aromatic carbocycles. The summed E-state index contributed by atoms with van der Waals surface area (Å²) in [5, 5.41) is 0.660. The van der Waals surface area contributed by atoms with Gasteiger partial charge in [0.15, 0.2) is 0 Å². The molecule has 0 heterocycles. The first-order chi connectivity index (χ1) is 4.48. The summed E-state index contributed by atoms with van der Waals surface area (Å²) < 4.78 is 0. The number of rotatable bonds is 2. The van der Waals surface area contributed by atoms with Crippen LogP contribution in [0.15, 0.2) is 17.6 Å². The molecular weight excluding hydrogens is 146 g/mol. The summed E-state index contributed by atoms with van der Waals surface area (Å²) in [4.78, 5) is 4.08. The topological polar surface area (TPSA) is 12.4 Å². The second-order valence-corrected chi connectivity index (χ2v) is 3.53. The Hall–Kier alpha value is -0.300. The second-order valence-electron chi connectivity index (χ2n) is 3.17. The Labute approximate surface area is 67.8 Å². The van der Waals surface area contributed by atoms with E-state index in [1.54, 1.807) is 6.08 Å². The van der Waals surface area contributed by atoms with Crippen LogP contribution in [0.1, 0.15) is 20.8 Å². The molecule has 0 aliphatic rings. The van der Waals surface area contributed by atoms with Crippen molar-refractivity contribution in [3.63, 3.8) is 0 Å². The third-order valence-electron chi connectivity index (χ3n) is 0.978. The first-order valence-corrected chi connectivity index (χ1v) is 3.67. The number of hydrogen-bond donors (Lipinski definition) is 0. The summed E-state index contributed by atoms with van der Waals surface area (Å²) in [5.74, 6) is 0. The smallest absolute Gasteiger partial charge is 0.106 e. The first kappa shape index (κ1) is 9.70. The minimum absolute atomic E-state index is 0.0232. The van der Waals surface area contributed by atoms with Gasteiger partial charge in [0.1, 0.15) is 5.17 Å². The fraction of sp³-hybridized carbons (Fsp3) is 0.625. The third-order valence-corrected chi connectivity index (χ3v) is 1.66. The molecule has 0 aliphatic carbocycles. The molecule has 1 nitrogen and oxygen atoms in total. The Bertz CT molecular complexity index is 142. The van der Waals surface area contributed by atoms with E-state index in [1.807, 2.05) is 20.8 Å². The Morgan fingerprint density at radius 2 is 2.10 bits per heavy atom. The average Bonchev–Trinajstić information content (AvgIpc) is 1.80. The standard InChI is InChI=1S/C8H14ClN/c1-5-6-10-7(9)8(2,3)4/h5H,1,6H2,2-4H3. The van der Waals surface area contributed by atoms with E-state index in [0.717, 1.165) is 0 Å². The van der Waals surface area contributed by atoms with Crippen molar-refractivity contribution >= 4 is 16.8 Å². The highest BCUT2D eigenvalue weighted by Gasteiger charge is 2.15. The van der Waals surface area contributed by atoms with Gasteiger partial charge in [0, 0.05) is 5.41 Å². The van der Waals surface area contributed by atoms with Crippen LogP contribution in [-0.2, 0) is 0 Å². The number of nitrogens with zero attached hydrogens (tertiary/aromatic N) is 1. The first-order valence-electron chi connectivity index (χ1n) is 3.30. The van der Waals surface area contributed by atoms with Gasteiger partial charge in [-0.25, -0.2) is 0 Å². The van der Waals surface area contributed by atoms with E-state index in [4.69, 9.17) is 11.6 Å². The summed E-state index contributed by atoms with van der Waals surface area (Å²) in [6, 6.07) is 0. The molecule has 0 N–H and O–H groups in total. The molecule has 0 fully saturated rings. The third kappa shape index (κ3) is 3.67. The van der Waals surface area contributed by atoms with E-state index < -0.39 is 0 Å². The minimum Gasteiger partial charge on any atom is -0.273 e. The van der Waals surface area contributed by atoms with Crippen molar-refractivity contribution in [3.8, 4) is 0 Å². The van der Waals surface area contributed by atoms with Crippen LogP contribution < -0.4 is 0 Å². The van der Waals surface area contributed by atoms with Crippen molar-refractivity contribution in [2.24, 2.45) is 10.4 Å². The number of aliphatic imine (C=N–C) groups is 1. The Balaban J connectivity index is 4.05. The van der Waals surface area contributed by atoms with Crippen molar-refractivity contribution in [1.29, 1.82) is 0 Å². The van der Waals surface area contributed by atoms with Gasteiger partial charge in [-0.05, 0) is 0 Å². The highest BCUT2D eigenvalue weighted by Crippen LogP contribution is 2.18. The van der Waals surface area contributed by atoms with Crippen molar-refractivity contribution in [3.05, 3.63) is 12.7 Å². The van der Waals surface area contributed by atoms with Gasteiger partial charge < -0.3 is 0 Å². The number of hydrogen-bond acceptors (Lipinski definition) is 1. The summed E-state index contributed by atoms with van der Waals surface area (Å²) in [5.41, 5.74) is -0.0232. The molecule has 0 saturated carbocycles. The van der Waals surface area contributed by atoms with Crippen LogP contribution in [0.3, 0.4) is 0 Å². The normalized spacial score (nSPS) is 13.4. The van der Waals surface area contributed by atoms with Crippen molar-refractivity contribution in [1.82, 2.24) is 0 Å². The molecule has 0 rings (SSSR count). The molecule has 0 saturated heterocycles. The maximum atomic E-state index is 5.84. The van der Waals surface area contributed by atoms with Gasteiger partial charge in [0.2, 0.25) is 0 Å². The fourth-order valence-electron chi connectivity index (χ4n) is 0.382. The predicted molar refractivity (Wildman–Crippen MR) is 47.8 cm³/mol. The molecule has 0 aromatic heterocycles. The SMILES string of the molecule is C=CCN=C(Cl)C(C)(C)C. The highest BCUT2D eigenvalue weighted by molar-refractivity contribution is 6.66. The van der Waals surface area contributed by atoms with E-state index in [9.17, 15) is 0 Å². The van der Waals surface area contributed by atoms with Crippen molar-refractivity contribution in [2.45, 2.75) is 20.8 Å². The zero-order chi connectivity index (χ0) is 8.20. The summed E-state index contributed by atoms with van der Waals surface area (Å²) >= 11 is 5.84. The van der Waals surface area contributed by atoms with Crippen molar-refractivity contribution < 1.29 is 0 Å². The molecule has 0 radical (unpaired) electrons. The molecule has 0 aliphatic heterocycles. The zero-order valence-electron chi connectivity index (χ0n) is 6.82. The molecule has 0 aromatic rings. The molecule has 0 amide bonds. The van der Waals surface area contributed by atoms with Crippen LogP contribution in [-0.4, -0.2) is 11.7 Å². The van der Waals surface area contributed by atoms with Crippen LogP contribution in [0.5, 0.6) is 0 Å². The summed E-state index contributed by atoms with van der Waals surface area (Å²) in [6.07, 6.45) is 1.73. The highest BCUT2D eigenvalue weighted by atomic mass is 35.5. The van der Waals surface area contributed by atoms with Gasteiger partial charge in [-0.2, -0.15) is 0 Å². The largest absolute Gasteiger partial charge is 0.273 e. The Kier molecular flexibility index (Phi) is 3.66. The van der Waals surface area contributed by atoms with Crippen LogP contribution in [0.2, 0.25) is 0 Å². The Morgan fingerprint density at radius 1 is 1.60 bits per heavy atom. The second kappa shape index (κ2) is 3.77. The van der Waals surface area contributed by atoms with Gasteiger partial charge in [-0.15, -0.1) is 6.58 Å². The van der Waals surface area contributed by atoms with Crippen LogP contribution >= 0.6 is 11.6 Å². The molecule has 10 heavy (non-hydrogen) atoms. The molecule has 0 unspecified atom stereocenters. The Morgan fingerprint density at radius 3 is 2.40 bits per heavy atom. The lowest BCUT2D eigenvalue weighted by Gasteiger charge is -2.14. The molecular formula is C8H14ClN. The van der Waals surface area contributed by atoms with Crippen molar-refractivity contribution in [2.75, 3.05) is 6.54 Å². The lowest BCUT2D eigenvalue weighted by atomic mass is 9.99. The number of halogens is 1. The van der Waals surface area contributed by atoms with Gasteiger partial charge in [-0.1, -0.05) is 38.4 Å². The quantitative estimate of drug-likeness (QED) is 0.434. The van der Waals surface area contributed by atoms with Gasteiger partial charge in [-0.3, -0.25) is 4.99 Å². The lowest BCUT2D eigenvalue weighted by Crippen LogP contribution is -2.14. The van der Waals surface area contributed by atoms with Gasteiger partial charge in [0.05, 0.1) is 6.54 Å². The molecule has 0 bridgehead atoms. The monoisotopic (exact) mass is 159 g/mol. The molecule has 58 valence electrons. The molecule has 0 atom stereocenters. The van der Waals surface area contributed by atoms with E-state index in [0.29, 0.717) is 11.7 Å². The van der Waals surface area contributed by atoms with Crippen LogP contribution in [0.25, 0.3) is 0 Å². The van der Waals surface area contributed by atoms with E-state index in [2.05, 4.69) is 11.6 Å². The summed E-state index contributed by atoms with van der Waals surface area (Å²) in [6.45, 7) is 10.2. The minimum atomic E-state index is -0.0232. The predicted octanol–water partition coefficient (Wildman–Crippen LogP) is 2.86. The molecule has 2 heteroatoms. The molecule has 0 spiro atoms. The lowest BCUT2D eigenvalue weighted by molar-refractivity contribution is 0.599. The fourth-order valence-corrected chi connectivity index (χ4v) is 0.451. The maximum Gasteiger partial charge on any atom is 0.106 e. The average molecular weight is 160 g/mol. The zero-order valence-corrected chi connectivity index (χ0v) is 7.57. The van der Waals surface area contributed by atoms with Gasteiger partial charge >= 0.3 is 0 Å². The van der Waals surface area contributed by atoms with Gasteiger partial charge in [0.25, 0.3) is 0 Å². The van der Waals surface area contributed by atoms with E-state index in [1.165, 1.54) is 0 Å².